The van der Waals surface area contributed by atoms with Gasteiger partial charge >= 0.3 is 6.03 Å². The fourth-order valence-corrected chi connectivity index (χ4v) is 5.11. The summed E-state index contributed by atoms with van der Waals surface area (Å²) in [7, 11) is 0.491. The molecule has 162 valence electrons. The van der Waals surface area contributed by atoms with E-state index in [0.717, 1.165) is 31.4 Å². The minimum Gasteiger partial charge on any atom is -0.334 e. The standard InChI is InChI=1S/C22H30N4O3S/c1-25(2)17-19-9-6-8-18(14-19)16-23-22(27)24-20-10-7-11-21(15-20)30(28,29)26-12-4-3-5-13-26/h6-11,14-15H,3-5,12-13,16-17H2,1-2H3,(H2,23,24,27). The highest BCUT2D eigenvalue weighted by atomic mass is 32.2. The zero-order valence-corrected chi connectivity index (χ0v) is 18.4. The van der Waals surface area contributed by atoms with E-state index >= 15 is 0 Å². The van der Waals surface area contributed by atoms with Crippen LogP contribution in [0.1, 0.15) is 30.4 Å². The number of carbonyl (C=O) groups excluding carboxylic acids is 1. The summed E-state index contributed by atoms with van der Waals surface area (Å²) in [6.45, 7) is 2.32. The van der Waals surface area contributed by atoms with Crippen LogP contribution in [-0.4, -0.2) is 50.8 Å². The summed E-state index contributed by atoms with van der Waals surface area (Å²) in [6, 6.07) is 14.1. The maximum Gasteiger partial charge on any atom is 0.319 e. The molecule has 8 heteroatoms. The van der Waals surface area contributed by atoms with Gasteiger partial charge in [-0.3, -0.25) is 0 Å². The SMILES string of the molecule is CN(C)Cc1cccc(CNC(=O)Nc2cccc(S(=O)(=O)N3CCCCC3)c2)c1. The number of sulfonamides is 1. The first-order valence-corrected chi connectivity index (χ1v) is 11.7. The Balaban J connectivity index is 1.60. The molecule has 1 aliphatic heterocycles. The van der Waals surface area contributed by atoms with Crippen molar-refractivity contribution in [2.24, 2.45) is 0 Å². The van der Waals surface area contributed by atoms with Crippen LogP contribution in [0.3, 0.4) is 0 Å². The first-order chi connectivity index (χ1) is 14.3. The largest absolute Gasteiger partial charge is 0.334 e. The molecule has 0 radical (unpaired) electrons. The van der Waals surface area contributed by atoms with Gasteiger partial charge < -0.3 is 15.5 Å². The van der Waals surface area contributed by atoms with Crippen molar-refractivity contribution >= 4 is 21.7 Å². The van der Waals surface area contributed by atoms with Crippen molar-refractivity contribution in [2.75, 3.05) is 32.5 Å². The maximum absolute atomic E-state index is 12.8. The number of piperidine rings is 1. The molecule has 1 saturated heterocycles. The Bertz CT molecular complexity index is 970. The number of nitrogens with zero attached hydrogens (tertiary/aromatic N) is 2. The van der Waals surface area contributed by atoms with E-state index in [1.165, 1.54) is 15.9 Å². The molecule has 2 aromatic rings. The highest BCUT2D eigenvalue weighted by Crippen LogP contribution is 2.22. The van der Waals surface area contributed by atoms with Crippen molar-refractivity contribution in [2.45, 2.75) is 37.2 Å². The van der Waals surface area contributed by atoms with Crippen molar-refractivity contribution in [3.8, 4) is 0 Å². The number of anilines is 1. The van der Waals surface area contributed by atoms with Gasteiger partial charge in [0.2, 0.25) is 10.0 Å². The minimum absolute atomic E-state index is 0.207. The minimum atomic E-state index is -3.53. The van der Waals surface area contributed by atoms with Gasteiger partial charge in [0, 0.05) is 31.9 Å². The van der Waals surface area contributed by atoms with Crippen molar-refractivity contribution in [1.29, 1.82) is 0 Å². The van der Waals surface area contributed by atoms with E-state index in [4.69, 9.17) is 0 Å². The van der Waals surface area contributed by atoms with Gasteiger partial charge in [-0.25, -0.2) is 13.2 Å². The van der Waals surface area contributed by atoms with Crippen LogP contribution in [0.5, 0.6) is 0 Å². The summed E-state index contributed by atoms with van der Waals surface area (Å²) < 4.78 is 27.2. The van der Waals surface area contributed by atoms with Crippen LogP contribution >= 0.6 is 0 Å². The van der Waals surface area contributed by atoms with Crippen LogP contribution in [-0.2, 0) is 23.1 Å². The quantitative estimate of drug-likeness (QED) is 0.707. The number of hydrogen-bond donors (Lipinski definition) is 2. The number of amides is 2. The lowest BCUT2D eigenvalue weighted by Gasteiger charge is -2.26. The van der Waals surface area contributed by atoms with Crippen LogP contribution in [0, 0.1) is 0 Å². The lowest BCUT2D eigenvalue weighted by atomic mass is 10.1. The molecule has 2 amide bonds. The summed E-state index contributed by atoms with van der Waals surface area (Å²) in [5, 5.41) is 5.56. The molecule has 0 atom stereocenters. The Morgan fingerprint density at radius 3 is 2.43 bits per heavy atom. The molecule has 2 aromatic carbocycles. The molecule has 0 spiro atoms. The monoisotopic (exact) mass is 430 g/mol. The third kappa shape index (κ3) is 6.04. The molecule has 0 bridgehead atoms. The molecular formula is C22H30N4O3S. The summed E-state index contributed by atoms with van der Waals surface area (Å²) >= 11 is 0. The molecule has 1 fully saturated rings. The normalized spacial score (nSPS) is 15.2. The highest BCUT2D eigenvalue weighted by molar-refractivity contribution is 7.89. The van der Waals surface area contributed by atoms with Gasteiger partial charge in [0.1, 0.15) is 0 Å². The lowest BCUT2D eigenvalue weighted by Crippen LogP contribution is -2.35. The lowest BCUT2D eigenvalue weighted by molar-refractivity contribution is 0.251. The molecule has 30 heavy (non-hydrogen) atoms. The number of benzene rings is 2. The van der Waals surface area contributed by atoms with E-state index in [2.05, 4.69) is 27.7 Å². The van der Waals surface area contributed by atoms with E-state index in [9.17, 15) is 13.2 Å². The van der Waals surface area contributed by atoms with Gasteiger partial charge in [0.25, 0.3) is 0 Å². The third-order valence-electron chi connectivity index (χ3n) is 4.99. The Morgan fingerprint density at radius 1 is 1.00 bits per heavy atom. The van der Waals surface area contributed by atoms with Crippen LogP contribution in [0.4, 0.5) is 10.5 Å². The molecule has 0 saturated carbocycles. The summed E-state index contributed by atoms with van der Waals surface area (Å²) in [5.41, 5.74) is 2.63. The van der Waals surface area contributed by atoms with Gasteiger partial charge in [0.15, 0.2) is 0 Å². The first-order valence-electron chi connectivity index (χ1n) is 10.2. The Morgan fingerprint density at radius 2 is 1.70 bits per heavy atom. The van der Waals surface area contributed by atoms with E-state index in [0.29, 0.717) is 25.3 Å². The molecule has 0 aromatic heterocycles. The maximum atomic E-state index is 12.8. The molecule has 0 unspecified atom stereocenters. The predicted molar refractivity (Wildman–Crippen MR) is 119 cm³/mol. The van der Waals surface area contributed by atoms with Crippen molar-refractivity contribution < 1.29 is 13.2 Å². The zero-order chi connectivity index (χ0) is 21.6. The second kappa shape index (κ2) is 10.1. The van der Waals surface area contributed by atoms with Gasteiger partial charge in [-0.15, -0.1) is 0 Å². The van der Waals surface area contributed by atoms with E-state index in [1.807, 2.05) is 26.2 Å². The number of carbonyl (C=O) groups is 1. The topological polar surface area (TPSA) is 81.8 Å². The van der Waals surface area contributed by atoms with Crippen LogP contribution in [0.15, 0.2) is 53.4 Å². The molecule has 1 aliphatic rings. The second-order valence-corrected chi connectivity index (χ2v) is 9.80. The fraction of sp³-hybridized carbons (Fsp3) is 0.409. The van der Waals surface area contributed by atoms with E-state index in [1.54, 1.807) is 18.2 Å². The molecule has 0 aliphatic carbocycles. The van der Waals surface area contributed by atoms with Crippen molar-refractivity contribution in [3.05, 3.63) is 59.7 Å². The van der Waals surface area contributed by atoms with E-state index in [-0.39, 0.29) is 10.9 Å². The molecule has 1 heterocycles. The summed E-state index contributed by atoms with van der Waals surface area (Å²) in [4.78, 5) is 14.6. The van der Waals surface area contributed by atoms with Crippen LogP contribution in [0.2, 0.25) is 0 Å². The first kappa shape index (κ1) is 22.3. The van der Waals surface area contributed by atoms with Crippen LogP contribution in [0.25, 0.3) is 0 Å². The number of hydrogen-bond acceptors (Lipinski definition) is 4. The molecule has 2 N–H and O–H groups in total. The molecule has 3 rings (SSSR count). The Kier molecular flexibility index (Phi) is 7.47. The second-order valence-electron chi connectivity index (χ2n) is 7.86. The summed E-state index contributed by atoms with van der Waals surface area (Å²) in [6.07, 6.45) is 2.83. The van der Waals surface area contributed by atoms with Crippen molar-refractivity contribution in [3.63, 3.8) is 0 Å². The van der Waals surface area contributed by atoms with Gasteiger partial charge in [-0.2, -0.15) is 4.31 Å². The Labute approximate surface area is 179 Å². The van der Waals surface area contributed by atoms with Gasteiger partial charge in [-0.05, 0) is 56.3 Å². The third-order valence-corrected chi connectivity index (χ3v) is 6.88. The summed E-state index contributed by atoms with van der Waals surface area (Å²) in [5.74, 6) is 0. The van der Waals surface area contributed by atoms with E-state index < -0.39 is 10.0 Å². The predicted octanol–water partition coefficient (Wildman–Crippen LogP) is 3.24. The molecular weight excluding hydrogens is 400 g/mol. The average molecular weight is 431 g/mol. The number of nitrogens with one attached hydrogen (secondary N) is 2. The van der Waals surface area contributed by atoms with Crippen LogP contribution < -0.4 is 10.6 Å². The fourth-order valence-electron chi connectivity index (χ4n) is 3.55. The van der Waals surface area contributed by atoms with Crippen molar-refractivity contribution in [1.82, 2.24) is 14.5 Å². The zero-order valence-electron chi connectivity index (χ0n) is 17.6. The van der Waals surface area contributed by atoms with Gasteiger partial charge in [-0.1, -0.05) is 36.8 Å². The smallest absolute Gasteiger partial charge is 0.319 e. The highest BCUT2D eigenvalue weighted by Gasteiger charge is 2.26. The number of urea groups is 1. The molecule has 7 nitrogen and oxygen atoms in total. The average Bonchev–Trinajstić information content (AvgIpc) is 2.73. The Hall–Kier alpha value is -2.42. The number of rotatable bonds is 7. The van der Waals surface area contributed by atoms with Gasteiger partial charge in [0.05, 0.1) is 4.90 Å².